The molecule has 0 saturated heterocycles. The Hall–Kier alpha value is -4.47. The highest BCUT2D eigenvalue weighted by Gasteiger charge is 2.33. The zero-order valence-electron chi connectivity index (χ0n) is 17.8. The number of carbonyl (C=O) groups excluding carboxylic acids is 1. The second-order valence-electron chi connectivity index (χ2n) is 7.42. The Labute approximate surface area is 192 Å². The van der Waals surface area contributed by atoms with Gasteiger partial charge in [-0.3, -0.25) is 10.1 Å². The highest BCUT2D eigenvalue weighted by Crippen LogP contribution is 2.44. The number of urea groups is 1. The number of halogens is 2. The van der Waals surface area contributed by atoms with E-state index in [2.05, 4.69) is 10.6 Å². The average molecular weight is 467 g/mol. The van der Waals surface area contributed by atoms with Crippen molar-refractivity contribution in [3.8, 4) is 11.5 Å². The Bertz CT molecular complexity index is 1290. The van der Waals surface area contributed by atoms with Crippen LogP contribution in [0.25, 0.3) is 11.3 Å². The highest BCUT2D eigenvalue weighted by molar-refractivity contribution is 6.03. The predicted molar refractivity (Wildman–Crippen MR) is 120 cm³/mol. The maximum absolute atomic E-state index is 14.0. The third-order valence-corrected chi connectivity index (χ3v) is 5.22. The fourth-order valence-electron chi connectivity index (χ4n) is 3.85. The summed E-state index contributed by atoms with van der Waals surface area (Å²) in [6.45, 7) is 1.78. The number of ether oxygens (including phenoxy) is 1. The highest BCUT2D eigenvalue weighted by atomic mass is 19.1. The van der Waals surface area contributed by atoms with Gasteiger partial charge in [-0.15, -0.1) is 0 Å². The molecule has 0 fully saturated rings. The molecular weight excluding hydrogens is 448 g/mol. The average Bonchev–Trinajstić information content (AvgIpc) is 2.79. The number of rotatable bonds is 6. The first-order valence-corrected chi connectivity index (χ1v) is 10.3. The van der Waals surface area contributed by atoms with E-state index >= 15 is 0 Å². The van der Waals surface area contributed by atoms with Crippen molar-refractivity contribution >= 4 is 23.0 Å². The second-order valence-corrected chi connectivity index (χ2v) is 7.42. The summed E-state index contributed by atoms with van der Waals surface area (Å²) in [6.07, 6.45) is 0. The van der Waals surface area contributed by atoms with E-state index in [9.17, 15) is 28.8 Å². The predicted octanol–water partition coefficient (Wildman–Crippen LogP) is 4.90. The number of nitro benzene ring substituents is 1. The largest absolute Gasteiger partial charge is 0.500 e. The number of nitro groups is 1. The van der Waals surface area contributed by atoms with Crippen LogP contribution in [0, 0.1) is 21.7 Å². The number of hydrogen-bond donors (Lipinski definition) is 3. The van der Waals surface area contributed by atoms with Crippen LogP contribution in [0.1, 0.15) is 29.7 Å². The molecule has 1 aliphatic rings. The van der Waals surface area contributed by atoms with Crippen LogP contribution in [-0.4, -0.2) is 22.7 Å². The van der Waals surface area contributed by atoms with Gasteiger partial charge in [-0.25, -0.2) is 13.6 Å². The fourth-order valence-corrected chi connectivity index (χ4v) is 3.85. The summed E-state index contributed by atoms with van der Waals surface area (Å²) < 4.78 is 33.5. The Morgan fingerprint density at radius 1 is 1.06 bits per heavy atom. The number of amides is 2. The van der Waals surface area contributed by atoms with E-state index in [1.807, 2.05) is 0 Å². The van der Waals surface area contributed by atoms with Gasteiger partial charge in [-0.1, -0.05) is 30.3 Å². The van der Waals surface area contributed by atoms with Gasteiger partial charge in [0.1, 0.15) is 11.6 Å². The minimum Gasteiger partial charge on any atom is -0.500 e. The number of phenolic OH excluding ortho intramolecular Hbond substituents is 1. The van der Waals surface area contributed by atoms with Gasteiger partial charge in [0.15, 0.2) is 5.75 Å². The van der Waals surface area contributed by atoms with Crippen LogP contribution in [0.15, 0.2) is 60.7 Å². The minimum absolute atomic E-state index is 0.0783. The quantitative estimate of drug-likeness (QED) is 0.353. The van der Waals surface area contributed by atoms with Crippen molar-refractivity contribution in [1.29, 1.82) is 0 Å². The number of nitrogens with zero attached hydrogens (tertiary/aromatic N) is 1. The minimum atomic E-state index is -0.976. The van der Waals surface area contributed by atoms with E-state index in [0.29, 0.717) is 17.2 Å². The molecule has 1 unspecified atom stereocenters. The van der Waals surface area contributed by atoms with Gasteiger partial charge < -0.3 is 20.5 Å². The summed E-state index contributed by atoms with van der Waals surface area (Å²) in [6, 6.07) is 12.4. The monoisotopic (exact) mass is 467 g/mol. The van der Waals surface area contributed by atoms with Gasteiger partial charge in [0.2, 0.25) is 5.75 Å². The van der Waals surface area contributed by atoms with Crippen molar-refractivity contribution in [2.24, 2.45) is 0 Å². The van der Waals surface area contributed by atoms with E-state index in [-0.39, 0.29) is 29.2 Å². The lowest BCUT2D eigenvalue weighted by molar-refractivity contribution is -0.386. The summed E-state index contributed by atoms with van der Waals surface area (Å²) in [7, 11) is 0. The smallest absolute Gasteiger partial charge is 0.320 e. The number of benzene rings is 3. The third kappa shape index (κ3) is 4.38. The fraction of sp³-hybridized carbons (Fsp3) is 0.125. The molecule has 2 amide bonds. The van der Waals surface area contributed by atoms with E-state index in [1.165, 1.54) is 6.07 Å². The molecule has 3 N–H and O–H groups in total. The lowest BCUT2D eigenvalue weighted by Gasteiger charge is -2.31. The number of phenols is 1. The van der Waals surface area contributed by atoms with E-state index < -0.39 is 40.1 Å². The molecule has 8 nitrogen and oxygen atoms in total. The lowest BCUT2D eigenvalue weighted by Crippen LogP contribution is -2.43. The molecule has 0 aliphatic carbocycles. The molecule has 0 radical (unpaired) electrons. The lowest BCUT2D eigenvalue weighted by atomic mass is 9.87. The summed E-state index contributed by atoms with van der Waals surface area (Å²) in [5.41, 5.74) is 0.832. The number of aromatic hydroxyl groups is 1. The van der Waals surface area contributed by atoms with E-state index in [4.69, 9.17) is 4.74 Å². The molecule has 1 heterocycles. The molecule has 3 aromatic rings. The molecule has 0 aromatic heterocycles. The van der Waals surface area contributed by atoms with Gasteiger partial charge in [-0.2, -0.15) is 0 Å². The van der Waals surface area contributed by atoms with Crippen molar-refractivity contribution in [2.75, 3.05) is 6.61 Å². The van der Waals surface area contributed by atoms with Crippen LogP contribution in [0.5, 0.6) is 11.5 Å². The van der Waals surface area contributed by atoms with Crippen molar-refractivity contribution in [2.45, 2.75) is 13.0 Å². The van der Waals surface area contributed by atoms with Crippen LogP contribution >= 0.6 is 0 Å². The van der Waals surface area contributed by atoms with Gasteiger partial charge in [0, 0.05) is 23.3 Å². The van der Waals surface area contributed by atoms with Crippen molar-refractivity contribution in [1.82, 2.24) is 10.6 Å². The number of hydrogen-bond acceptors (Lipinski definition) is 5. The molecule has 3 aromatic carbocycles. The number of nitrogens with one attached hydrogen (secondary N) is 2. The summed E-state index contributed by atoms with van der Waals surface area (Å²) in [4.78, 5) is 23.4. The van der Waals surface area contributed by atoms with Crippen LogP contribution in [0.2, 0.25) is 0 Å². The van der Waals surface area contributed by atoms with Crippen molar-refractivity contribution in [3.05, 3.63) is 99.1 Å². The molecule has 0 spiro atoms. The van der Waals surface area contributed by atoms with Gasteiger partial charge in [0.25, 0.3) is 0 Å². The first kappa shape index (κ1) is 22.7. The molecule has 0 saturated carbocycles. The molecule has 1 aliphatic heterocycles. The number of carbonyl (C=O) groups is 1. The first-order valence-electron chi connectivity index (χ1n) is 10.3. The topological polar surface area (TPSA) is 114 Å². The molecule has 0 bridgehead atoms. The van der Waals surface area contributed by atoms with Crippen molar-refractivity contribution in [3.63, 3.8) is 0 Å². The zero-order valence-corrected chi connectivity index (χ0v) is 17.8. The summed E-state index contributed by atoms with van der Waals surface area (Å²) >= 11 is 0. The maximum atomic E-state index is 14.0. The second kappa shape index (κ2) is 9.18. The van der Waals surface area contributed by atoms with Crippen LogP contribution in [0.4, 0.5) is 19.3 Å². The SMILES string of the molecule is CCOc1cc(C2NC(=O)NC(c3cc(F)cc(F)c3)=C2c2ccccc2)cc([N+](=O)[O-])c1O. The van der Waals surface area contributed by atoms with Crippen LogP contribution in [-0.2, 0) is 0 Å². The molecule has 4 rings (SSSR count). The van der Waals surface area contributed by atoms with Crippen molar-refractivity contribution < 1.29 is 28.3 Å². The summed E-state index contributed by atoms with van der Waals surface area (Å²) in [5, 5.41) is 27.2. The van der Waals surface area contributed by atoms with E-state index in [0.717, 1.165) is 18.2 Å². The third-order valence-electron chi connectivity index (χ3n) is 5.22. The Kier molecular flexibility index (Phi) is 6.13. The first-order chi connectivity index (χ1) is 16.3. The standard InChI is InChI=1S/C24H19F2N3O5/c1-2-34-19-11-15(10-18(23(19)30)29(32)33)22-20(13-6-4-3-5-7-13)21(27-24(31)28-22)14-8-16(25)12-17(26)9-14/h3-12,22,30H,2H2,1H3,(H2,27,28,31). The van der Waals surface area contributed by atoms with E-state index in [1.54, 1.807) is 37.3 Å². The van der Waals surface area contributed by atoms with Crippen LogP contribution in [0.3, 0.4) is 0 Å². The normalized spacial score (nSPS) is 15.5. The zero-order chi connectivity index (χ0) is 24.4. The van der Waals surface area contributed by atoms with Gasteiger partial charge in [0.05, 0.1) is 23.3 Å². The maximum Gasteiger partial charge on any atom is 0.320 e. The molecular formula is C24H19F2N3O5. The summed E-state index contributed by atoms with van der Waals surface area (Å²) in [5.74, 6) is -2.45. The molecule has 10 heteroatoms. The Morgan fingerprint density at radius 3 is 2.35 bits per heavy atom. The van der Waals surface area contributed by atoms with Gasteiger partial charge in [-0.05, 0) is 36.2 Å². The molecule has 174 valence electrons. The van der Waals surface area contributed by atoms with Crippen LogP contribution < -0.4 is 15.4 Å². The Morgan fingerprint density at radius 2 is 1.74 bits per heavy atom. The van der Waals surface area contributed by atoms with Gasteiger partial charge >= 0.3 is 11.7 Å². The molecule has 34 heavy (non-hydrogen) atoms. The Balaban J connectivity index is 2.01. The molecule has 1 atom stereocenters.